The highest BCUT2D eigenvalue weighted by Crippen LogP contribution is 2.29. The molecule has 0 bridgehead atoms. The first-order chi connectivity index (χ1) is 8.94. The van der Waals surface area contributed by atoms with Gasteiger partial charge in [-0.15, -0.1) is 0 Å². The van der Waals surface area contributed by atoms with Crippen LogP contribution in [0.15, 0.2) is 24.3 Å². The summed E-state index contributed by atoms with van der Waals surface area (Å²) in [4.78, 5) is 11.9. The van der Waals surface area contributed by atoms with Crippen LogP contribution >= 0.6 is 0 Å². The summed E-state index contributed by atoms with van der Waals surface area (Å²) in [6, 6.07) is 7.23. The highest BCUT2D eigenvalue weighted by molar-refractivity contribution is 5.94. The molecule has 1 aromatic rings. The van der Waals surface area contributed by atoms with Gasteiger partial charge in [-0.25, -0.2) is 0 Å². The number of carbonyl (C=O) groups is 1. The van der Waals surface area contributed by atoms with Crippen LogP contribution in [0.2, 0.25) is 0 Å². The molecule has 1 fully saturated rings. The summed E-state index contributed by atoms with van der Waals surface area (Å²) in [5.74, 6) is 1.45. The van der Waals surface area contributed by atoms with Crippen LogP contribution in [0.25, 0.3) is 0 Å². The Balaban J connectivity index is 1.84. The van der Waals surface area contributed by atoms with E-state index < -0.39 is 5.54 Å². The maximum absolute atomic E-state index is 11.9. The molecule has 1 saturated carbocycles. The van der Waals surface area contributed by atoms with Gasteiger partial charge in [-0.05, 0) is 56.9 Å². The van der Waals surface area contributed by atoms with Gasteiger partial charge in [-0.1, -0.05) is 0 Å². The SMILES string of the molecule is CC(C)(N)CNC(=O)c1ccc(OCC2CC2)cc1. The second kappa shape index (κ2) is 5.61. The second-order valence-electron chi connectivity index (χ2n) is 5.95. The smallest absolute Gasteiger partial charge is 0.251 e. The predicted molar refractivity (Wildman–Crippen MR) is 75.3 cm³/mol. The Morgan fingerprint density at radius 2 is 2.00 bits per heavy atom. The maximum Gasteiger partial charge on any atom is 0.251 e. The highest BCUT2D eigenvalue weighted by Gasteiger charge is 2.21. The van der Waals surface area contributed by atoms with Crippen LogP contribution in [0.4, 0.5) is 0 Å². The van der Waals surface area contributed by atoms with Gasteiger partial charge in [0.15, 0.2) is 0 Å². The Bertz CT molecular complexity index is 430. The number of nitrogens with two attached hydrogens (primary N) is 1. The van der Waals surface area contributed by atoms with Crippen LogP contribution in [0.1, 0.15) is 37.0 Å². The molecule has 0 aliphatic heterocycles. The van der Waals surface area contributed by atoms with Crippen molar-refractivity contribution in [2.24, 2.45) is 11.7 Å². The lowest BCUT2D eigenvalue weighted by Crippen LogP contribution is -2.45. The first-order valence-corrected chi connectivity index (χ1v) is 6.74. The van der Waals surface area contributed by atoms with Gasteiger partial charge in [-0.3, -0.25) is 4.79 Å². The molecule has 1 aliphatic carbocycles. The molecule has 0 spiro atoms. The van der Waals surface area contributed by atoms with Crippen molar-refractivity contribution >= 4 is 5.91 Å². The van der Waals surface area contributed by atoms with Crippen molar-refractivity contribution in [3.05, 3.63) is 29.8 Å². The molecule has 0 atom stereocenters. The van der Waals surface area contributed by atoms with Gasteiger partial charge in [0.1, 0.15) is 5.75 Å². The molecular weight excluding hydrogens is 240 g/mol. The maximum atomic E-state index is 11.9. The quantitative estimate of drug-likeness (QED) is 0.823. The van der Waals surface area contributed by atoms with Gasteiger partial charge < -0.3 is 15.8 Å². The Morgan fingerprint density at radius 1 is 1.37 bits per heavy atom. The summed E-state index contributed by atoms with van der Waals surface area (Å²) in [7, 11) is 0. The van der Waals surface area contributed by atoms with E-state index in [4.69, 9.17) is 10.5 Å². The minimum absolute atomic E-state index is 0.104. The van der Waals surface area contributed by atoms with E-state index in [1.807, 2.05) is 26.0 Å². The zero-order chi connectivity index (χ0) is 13.9. The van der Waals surface area contributed by atoms with Crippen molar-refractivity contribution in [1.29, 1.82) is 0 Å². The summed E-state index contributed by atoms with van der Waals surface area (Å²) in [5, 5.41) is 2.81. The summed E-state index contributed by atoms with van der Waals surface area (Å²) < 4.78 is 5.63. The van der Waals surface area contributed by atoms with Gasteiger partial charge in [0, 0.05) is 17.6 Å². The highest BCUT2D eigenvalue weighted by atomic mass is 16.5. The third-order valence-electron chi connectivity index (χ3n) is 3.00. The molecule has 104 valence electrons. The Morgan fingerprint density at radius 3 is 2.53 bits per heavy atom. The number of hydrogen-bond acceptors (Lipinski definition) is 3. The Labute approximate surface area is 114 Å². The molecule has 0 aromatic heterocycles. The van der Waals surface area contributed by atoms with Crippen LogP contribution in [0.5, 0.6) is 5.75 Å². The number of carbonyl (C=O) groups excluding carboxylic acids is 1. The number of ether oxygens (including phenoxy) is 1. The van der Waals surface area contributed by atoms with Crippen LogP contribution in [-0.2, 0) is 0 Å². The predicted octanol–water partition coefficient (Wildman–Crippen LogP) is 1.94. The van der Waals surface area contributed by atoms with Gasteiger partial charge in [0.2, 0.25) is 0 Å². The number of benzene rings is 1. The Kier molecular flexibility index (Phi) is 4.10. The molecule has 4 heteroatoms. The largest absolute Gasteiger partial charge is 0.493 e. The molecule has 1 aromatic carbocycles. The molecule has 0 unspecified atom stereocenters. The van der Waals surface area contributed by atoms with E-state index >= 15 is 0 Å². The zero-order valence-corrected chi connectivity index (χ0v) is 11.6. The second-order valence-corrected chi connectivity index (χ2v) is 5.95. The summed E-state index contributed by atoms with van der Waals surface area (Å²) in [6.45, 7) is 4.99. The van der Waals surface area contributed by atoms with E-state index in [2.05, 4.69) is 5.32 Å². The molecule has 1 amide bonds. The van der Waals surface area contributed by atoms with Crippen LogP contribution in [-0.4, -0.2) is 24.6 Å². The van der Waals surface area contributed by atoms with E-state index in [0.717, 1.165) is 18.3 Å². The van der Waals surface area contributed by atoms with E-state index in [1.54, 1.807) is 12.1 Å². The normalized spacial score (nSPS) is 15.1. The minimum atomic E-state index is -0.400. The first kappa shape index (κ1) is 13.9. The van der Waals surface area contributed by atoms with E-state index in [9.17, 15) is 4.79 Å². The molecule has 0 radical (unpaired) electrons. The number of amides is 1. The van der Waals surface area contributed by atoms with Crippen LogP contribution in [0, 0.1) is 5.92 Å². The fraction of sp³-hybridized carbons (Fsp3) is 0.533. The van der Waals surface area contributed by atoms with Crippen molar-refractivity contribution in [3.63, 3.8) is 0 Å². The molecule has 2 rings (SSSR count). The van der Waals surface area contributed by atoms with E-state index in [-0.39, 0.29) is 5.91 Å². The molecule has 4 nitrogen and oxygen atoms in total. The standard InChI is InChI=1S/C15H22N2O2/c1-15(2,16)10-17-14(18)12-5-7-13(8-6-12)19-9-11-3-4-11/h5-8,11H,3-4,9-10,16H2,1-2H3,(H,17,18). The average Bonchev–Trinajstić information content (AvgIpc) is 3.17. The van der Waals surface area contributed by atoms with Gasteiger partial charge in [0.25, 0.3) is 5.91 Å². The van der Waals surface area contributed by atoms with Gasteiger partial charge in [0.05, 0.1) is 6.61 Å². The fourth-order valence-electron chi connectivity index (χ4n) is 1.61. The third kappa shape index (κ3) is 4.91. The lowest BCUT2D eigenvalue weighted by atomic mass is 10.1. The zero-order valence-electron chi connectivity index (χ0n) is 11.6. The average molecular weight is 262 g/mol. The monoisotopic (exact) mass is 262 g/mol. The van der Waals surface area contributed by atoms with Crippen molar-refractivity contribution in [2.75, 3.05) is 13.2 Å². The van der Waals surface area contributed by atoms with E-state index in [0.29, 0.717) is 12.1 Å². The first-order valence-electron chi connectivity index (χ1n) is 6.74. The van der Waals surface area contributed by atoms with E-state index in [1.165, 1.54) is 12.8 Å². The summed E-state index contributed by atoms with van der Waals surface area (Å²) in [5.41, 5.74) is 6.05. The minimum Gasteiger partial charge on any atom is -0.493 e. The lowest BCUT2D eigenvalue weighted by Gasteiger charge is -2.18. The number of hydrogen-bond donors (Lipinski definition) is 2. The topological polar surface area (TPSA) is 64.3 Å². The van der Waals surface area contributed by atoms with Gasteiger partial charge >= 0.3 is 0 Å². The fourth-order valence-corrected chi connectivity index (χ4v) is 1.61. The summed E-state index contributed by atoms with van der Waals surface area (Å²) >= 11 is 0. The van der Waals surface area contributed by atoms with Crippen LogP contribution < -0.4 is 15.8 Å². The number of rotatable bonds is 6. The van der Waals surface area contributed by atoms with Gasteiger partial charge in [-0.2, -0.15) is 0 Å². The molecule has 0 heterocycles. The number of nitrogens with one attached hydrogen (secondary N) is 1. The molecule has 19 heavy (non-hydrogen) atoms. The van der Waals surface area contributed by atoms with Crippen LogP contribution in [0.3, 0.4) is 0 Å². The Hall–Kier alpha value is -1.55. The lowest BCUT2D eigenvalue weighted by molar-refractivity contribution is 0.0946. The van der Waals surface area contributed by atoms with Crippen molar-refractivity contribution in [1.82, 2.24) is 5.32 Å². The van der Waals surface area contributed by atoms with Crippen molar-refractivity contribution in [2.45, 2.75) is 32.2 Å². The molecule has 1 aliphatic rings. The summed E-state index contributed by atoms with van der Waals surface area (Å²) in [6.07, 6.45) is 2.55. The molecular formula is C15H22N2O2. The third-order valence-corrected chi connectivity index (χ3v) is 3.00. The van der Waals surface area contributed by atoms with Crippen molar-refractivity contribution in [3.8, 4) is 5.75 Å². The molecule has 0 saturated heterocycles. The molecule has 3 N–H and O–H groups in total. The van der Waals surface area contributed by atoms with Crippen molar-refractivity contribution < 1.29 is 9.53 Å².